The van der Waals surface area contributed by atoms with Crippen LogP contribution in [-0.4, -0.2) is 19.9 Å². The summed E-state index contributed by atoms with van der Waals surface area (Å²) in [5.74, 6) is 0. The Labute approximate surface area is 197 Å². The molecule has 0 aliphatic rings. The molecule has 1 N–H and O–H groups in total. The van der Waals surface area contributed by atoms with Crippen molar-refractivity contribution in [2.75, 3.05) is 0 Å². The SMILES string of the molecule is Cc1cccc2c(-c3cccc(/C=c4\[nH]/c(=C\c5ccccn5)c5ccccc45)c3)ncnc12. The first-order valence-corrected chi connectivity index (χ1v) is 11.3. The molecule has 0 aliphatic heterocycles. The maximum absolute atomic E-state index is 4.62. The summed E-state index contributed by atoms with van der Waals surface area (Å²) in [5.41, 5.74) is 6.19. The highest BCUT2D eigenvalue weighted by molar-refractivity contribution is 5.94. The first-order valence-electron chi connectivity index (χ1n) is 11.3. The minimum atomic E-state index is 0.925. The van der Waals surface area contributed by atoms with E-state index in [9.17, 15) is 0 Å². The van der Waals surface area contributed by atoms with Gasteiger partial charge in [-0.1, -0.05) is 66.7 Å². The number of hydrogen-bond donors (Lipinski definition) is 1. The van der Waals surface area contributed by atoms with E-state index >= 15 is 0 Å². The molecule has 4 nitrogen and oxygen atoms in total. The summed E-state index contributed by atoms with van der Waals surface area (Å²) in [6.07, 6.45) is 7.74. The second-order valence-electron chi connectivity index (χ2n) is 8.36. The monoisotopic (exact) mass is 438 g/mol. The second kappa shape index (κ2) is 8.41. The molecule has 0 unspecified atom stereocenters. The summed E-state index contributed by atoms with van der Waals surface area (Å²) < 4.78 is 0. The molecule has 3 heterocycles. The van der Waals surface area contributed by atoms with Crippen molar-refractivity contribution < 1.29 is 0 Å². The van der Waals surface area contributed by atoms with E-state index in [-0.39, 0.29) is 0 Å². The Morgan fingerprint density at radius 2 is 1.44 bits per heavy atom. The third-order valence-electron chi connectivity index (χ3n) is 6.09. The summed E-state index contributed by atoms with van der Waals surface area (Å²) in [4.78, 5) is 17.2. The molecule has 4 heteroatoms. The van der Waals surface area contributed by atoms with Crippen molar-refractivity contribution in [2.24, 2.45) is 0 Å². The molecule has 0 radical (unpaired) electrons. The van der Waals surface area contributed by atoms with Crippen LogP contribution in [0.4, 0.5) is 0 Å². The summed E-state index contributed by atoms with van der Waals surface area (Å²) in [5, 5.41) is 5.54. The standard InChI is InChI=1S/C30H22N4/c1-20-8-6-14-26-29(20)32-19-33-30(26)22-10-7-9-21(16-22)17-27-24-12-2-3-13-25(24)28(34-27)18-23-11-4-5-15-31-23/h2-19,34H,1H3/b27-17-,28-18-. The van der Waals surface area contributed by atoms with Crippen molar-refractivity contribution in [3.05, 3.63) is 125 Å². The second-order valence-corrected chi connectivity index (χ2v) is 8.36. The van der Waals surface area contributed by atoms with E-state index in [4.69, 9.17) is 0 Å². The minimum absolute atomic E-state index is 0.925. The third-order valence-corrected chi connectivity index (χ3v) is 6.09. The number of hydrogen-bond acceptors (Lipinski definition) is 3. The Bertz CT molecular complexity index is 1770. The molecule has 0 aliphatic carbocycles. The molecule has 6 rings (SSSR count). The maximum atomic E-state index is 4.62. The molecule has 162 valence electrons. The predicted octanol–water partition coefficient (Wildman–Crippen LogP) is 5.14. The number of nitrogens with one attached hydrogen (secondary N) is 1. The molecule has 3 aromatic heterocycles. The van der Waals surface area contributed by atoms with E-state index in [1.54, 1.807) is 6.33 Å². The highest BCUT2D eigenvalue weighted by Gasteiger charge is 2.08. The van der Waals surface area contributed by atoms with Crippen LogP contribution < -0.4 is 10.7 Å². The molecule has 34 heavy (non-hydrogen) atoms. The molecule has 6 aromatic rings. The summed E-state index contributed by atoms with van der Waals surface area (Å²) >= 11 is 0. The molecule has 0 bridgehead atoms. The highest BCUT2D eigenvalue weighted by atomic mass is 14.8. The van der Waals surface area contributed by atoms with Gasteiger partial charge >= 0.3 is 0 Å². The van der Waals surface area contributed by atoms with Crippen LogP contribution in [0.5, 0.6) is 0 Å². The number of aryl methyl sites for hydroxylation is 1. The van der Waals surface area contributed by atoms with Gasteiger partial charge in [0.2, 0.25) is 0 Å². The molecule has 0 fully saturated rings. The number of H-pyrrole nitrogens is 1. The summed E-state index contributed by atoms with van der Waals surface area (Å²) in [7, 11) is 0. The van der Waals surface area contributed by atoms with Crippen molar-refractivity contribution in [2.45, 2.75) is 6.92 Å². The lowest BCUT2D eigenvalue weighted by Crippen LogP contribution is -2.10. The van der Waals surface area contributed by atoms with Gasteiger partial charge in [0, 0.05) is 38.6 Å². The number of para-hydroxylation sites is 1. The zero-order valence-electron chi connectivity index (χ0n) is 18.7. The summed E-state index contributed by atoms with van der Waals surface area (Å²) in [6, 6.07) is 29.1. The Morgan fingerprint density at radius 3 is 2.26 bits per heavy atom. The van der Waals surface area contributed by atoms with E-state index in [0.29, 0.717) is 0 Å². The van der Waals surface area contributed by atoms with E-state index < -0.39 is 0 Å². The van der Waals surface area contributed by atoms with Gasteiger partial charge in [-0.3, -0.25) is 4.98 Å². The summed E-state index contributed by atoms with van der Waals surface area (Å²) in [6.45, 7) is 2.08. The number of nitrogens with zero attached hydrogens (tertiary/aromatic N) is 3. The number of aromatic amines is 1. The molecular weight excluding hydrogens is 416 g/mol. The van der Waals surface area contributed by atoms with Crippen LogP contribution >= 0.6 is 0 Å². The van der Waals surface area contributed by atoms with Crippen LogP contribution in [0, 0.1) is 6.92 Å². The number of pyridine rings is 1. The van der Waals surface area contributed by atoms with Crippen LogP contribution in [0.2, 0.25) is 0 Å². The smallest absolute Gasteiger partial charge is 0.116 e. The van der Waals surface area contributed by atoms with E-state index in [0.717, 1.165) is 49.7 Å². The Balaban J connectivity index is 1.51. The average Bonchev–Trinajstić information content (AvgIpc) is 3.22. The van der Waals surface area contributed by atoms with Crippen molar-refractivity contribution >= 4 is 33.8 Å². The van der Waals surface area contributed by atoms with Gasteiger partial charge in [0.25, 0.3) is 0 Å². The van der Waals surface area contributed by atoms with Gasteiger partial charge in [-0.15, -0.1) is 0 Å². The molecule has 0 spiro atoms. The number of fused-ring (bicyclic) bond motifs is 2. The lowest BCUT2D eigenvalue weighted by molar-refractivity contribution is 1.21. The van der Waals surface area contributed by atoms with Gasteiger partial charge < -0.3 is 4.98 Å². The lowest BCUT2D eigenvalue weighted by atomic mass is 10.0. The van der Waals surface area contributed by atoms with Crippen molar-refractivity contribution in [1.82, 2.24) is 19.9 Å². The van der Waals surface area contributed by atoms with E-state index in [2.05, 4.69) is 106 Å². The fourth-order valence-corrected chi connectivity index (χ4v) is 4.48. The molecule has 0 saturated carbocycles. The van der Waals surface area contributed by atoms with Crippen LogP contribution in [-0.2, 0) is 0 Å². The average molecular weight is 439 g/mol. The van der Waals surface area contributed by atoms with Crippen LogP contribution in [0.25, 0.3) is 45.1 Å². The molecule has 0 saturated heterocycles. The van der Waals surface area contributed by atoms with Crippen molar-refractivity contribution in [1.29, 1.82) is 0 Å². The lowest BCUT2D eigenvalue weighted by Gasteiger charge is -2.07. The van der Waals surface area contributed by atoms with Gasteiger partial charge in [0.1, 0.15) is 6.33 Å². The van der Waals surface area contributed by atoms with Crippen LogP contribution in [0.15, 0.2) is 97.5 Å². The number of benzene rings is 3. The number of rotatable bonds is 3. The zero-order valence-corrected chi connectivity index (χ0v) is 18.7. The third kappa shape index (κ3) is 3.65. The van der Waals surface area contributed by atoms with Crippen LogP contribution in [0.1, 0.15) is 16.8 Å². The Hall–Kier alpha value is -4.57. The quantitative estimate of drug-likeness (QED) is 0.416. The molecule has 3 aromatic carbocycles. The fourth-order valence-electron chi connectivity index (χ4n) is 4.48. The topological polar surface area (TPSA) is 54.5 Å². The first-order chi connectivity index (χ1) is 16.8. The first kappa shape index (κ1) is 20.1. The molecule has 0 atom stereocenters. The van der Waals surface area contributed by atoms with Gasteiger partial charge in [0.05, 0.1) is 16.9 Å². The highest BCUT2D eigenvalue weighted by Crippen LogP contribution is 2.27. The maximum Gasteiger partial charge on any atom is 0.116 e. The van der Waals surface area contributed by atoms with Gasteiger partial charge in [-0.2, -0.15) is 0 Å². The molecular formula is C30H22N4. The fraction of sp³-hybridized carbons (Fsp3) is 0.0333. The van der Waals surface area contributed by atoms with Crippen LogP contribution in [0.3, 0.4) is 0 Å². The molecule has 0 amide bonds. The van der Waals surface area contributed by atoms with Gasteiger partial charge in [0.15, 0.2) is 0 Å². The predicted molar refractivity (Wildman–Crippen MR) is 139 cm³/mol. The number of aromatic nitrogens is 4. The zero-order chi connectivity index (χ0) is 22.9. The Kier molecular flexibility index (Phi) is 4.96. The van der Waals surface area contributed by atoms with Crippen molar-refractivity contribution in [3.63, 3.8) is 0 Å². The Morgan fingerprint density at radius 1 is 0.676 bits per heavy atom. The van der Waals surface area contributed by atoms with Gasteiger partial charge in [-0.05, 0) is 48.4 Å². The largest absolute Gasteiger partial charge is 0.354 e. The van der Waals surface area contributed by atoms with Gasteiger partial charge in [-0.25, -0.2) is 9.97 Å². The van der Waals surface area contributed by atoms with E-state index in [1.165, 1.54) is 10.8 Å². The van der Waals surface area contributed by atoms with E-state index in [1.807, 2.05) is 24.4 Å². The normalized spacial score (nSPS) is 12.6. The minimum Gasteiger partial charge on any atom is -0.354 e. The van der Waals surface area contributed by atoms with Crippen molar-refractivity contribution in [3.8, 4) is 11.3 Å².